The van der Waals surface area contributed by atoms with Crippen molar-refractivity contribution in [1.29, 1.82) is 0 Å². The third-order valence-electron chi connectivity index (χ3n) is 1.42. The van der Waals surface area contributed by atoms with Gasteiger partial charge in [0.1, 0.15) is 0 Å². The molecule has 0 fully saturated rings. The van der Waals surface area contributed by atoms with Crippen LogP contribution in [0.3, 0.4) is 0 Å². The molecule has 3 nitrogen and oxygen atoms in total. The average Bonchev–Trinajstić information content (AvgIpc) is 1.97. The van der Waals surface area contributed by atoms with Gasteiger partial charge in [0.25, 0.3) is 0 Å². The van der Waals surface area contributed by atoms with Crippen molar-refractivity contribution in [2.24, 2.45) is 10.7 Å². The first-order valence-corrected chi connectivity index (χ1v) is 5.75. The third-order valence-corrected chi connectivity index (χ3v) is 2.38. The van der Waals surface area contributed by atoms with Crippen LogP contribution in [0.15, 0.2) is 4.99 Å². The Labute approximate surface area is 109 Å². The minimum Gasteiger partial charge on any atom is -0.370 e. The first-order valence-electron chi connectivity index (χ1n) is 4.46. The lowest BCUT2D eigenvalue weighted by Crippen LogP contribution is -2.45. The SMILES string of the molecule is CSC(C)CN=C(N)NC(C)(C)C.I. The third kappa shape index (κ3) is 10.4. The summed E-state index contributed by atoms with van der Waals surface area (Å²) in [4.78, 5) is 4.24. The van der Waals surface area contributed by atoms with Crippen LogP contribution < -0.4 is 11.1 Å². The van der Waals surface area contributed by atoms with E-state index in [1.807, 2.05) is 0 Å². The van der Waals surface area contributed by atoms with Gasteiger partial charge in [-0.2, -0.15) is 11.8 Å². The lowest BCUT2D eigenvalue weighted by molar-refractivity contribution is 0.508. The van der Waals surface area contributed by atoms with Crippen molar-refractivity contribution in [2.45, 2.75) is 38.5 Å². The van der Waals surface area contributed by atoms with Gasteiger partial charge in [-0.3, -0.25) is 4.99 Å². The summed E-state index contributed by atoms with van der Waals surface area (Å²) in [5.41, 5.74) is 5.69. The Balaban J connectivity index is 0. The van der Waals surface area contributed by atoms with Gasteiger partial charge in [0.2, 0.25) is 0 Å². The smallest absolute Gasteiger partial charge is 0.189 e. The van der Waals surface area contributed by atoms with E-state index >= 15 is 0 Å². The van der Waals surface area contributed by atoms with Gasteiger partial charge in [-0.25, -0.2) is 0 Å². The standard InChI is InChI=1S/C9H21N3S.HI/c1-7(13-5)6-11-8(10)12-9(2,3)4;/h7H,6H2,1-5H3,(H3,10,11,12);1H. The Morgan fingerprint density at radius 1 is 1.50 bits per heavy atom. The van der Waals surface area contributed by atoms with Crippen molar-refractivity contribution < 1.29 is 0 Å². The van der Waals surface area contributed by atoms with Crippen LogP contribution >= 0.6 is 35.7 Å². The van der Waals surface area contributed by atoms with E-state index in [0.717, 1.165) is 6.54 Å². The normalized spacial score (nSPS) is 14.5. The Morgan fingerprint density at radius 2 is 2.00 bits per heavy atom. The fraction of sp³-hybridized carbons (Fsp3) is 0.889. The molecular formula is C9H22IN3S. The Morgan fingerprint density at radius 3 is 2.36 bits per heavy atom. The predicted molar refractivity (Wildman–Crippen MR) is 77.8 cm³/mol. The maximum absolute atomic E-state index is 5.69. The molecule has 0 aromatic rings. The molecule has 0 heterocycles. The van der Waals surface area contributed by atoms with E-state index < -0.39 is 0 Å². The van der Waals surface area contributed by atoms with Crippen molar-refractivity contribution >= 4 is 41.7 Å². The molecule has 1 atom stereocenters. The van der Waals surface area contributed by atoms with Crippen molar-refractivity contribution in [2.75, 3.05) is 12.8 Å². The zero-order chi connectivity index (χ0) is 10.5. The zero-order valence-corrected chi connectivity index (χ0v) is 12.8. The minimum atomic E-state index is -0.00379. The van der Waals surface area contributed by atoms with Crippen molar-refractivity contribution in [3.8, 4) is 0 Å². The molecule has 3 N–H and O–H groups in total. The highest BCUT2D eigenvalue weighted by Gasteiger charge is 2.09. The molecule has 0 saturated carbocycles. The van der Waals surface area contributed by atoms with E-state index in [4.69, 9.17) is 5.73 Å². The van der Waals surface area contributed by atoms with Crippen LogP contribution in [0.4, 0.5) is 0 Å². The van der Waals surface area contributed by atoms with Crippen LogP contribution in [-0.4, -0.2) is 29.5 Å². The highest BCUT2D eigenvalue weighted by Crippen LogP contribution is 2.04. The van der Waals surface area contributed by atoms with Crippen molar-refractivity contribution in [3.05, 3.63) is 0 Å². The molecule has 0 aromatic heterocycles. The van der Waals surface area contributed by atoms with Gasteiger partial charge in [0.05, 0.1) is 6.54 Å². The summed E-state index contributed by atoms with van der Waals surface area (Å²) in [5, 5.41) is 3.65. The Bertz CT molecular complexity index is 177. The molecule has 86 valence electrons. The van der Waals surface area contributed by atoms with Gasteiger partial charge in [-0.1, -0.05) is 6.92 Å². The Kier molecular flexibility index (Phi) is 9.12. The number of nitrogens with zero attached hydrogens (tertiary/aromatic N) is 1. The van der Waals surface area contributed by atoms with Gasteiger partial charge in [-0.05, 0) is 27.0 Å². The number of hydrogen-bond acceptors (Lipinski definition) is 2. The molecule has 0 aliphatic rings. The first-order chi connectivity index (χ1) is 5.85. The van der Waals surface area contributed by atoms with Gasteiger partial charge in [-0.15, -0.1) is 24.0 Å². The second-order valence-electron chi connectivity index (χ2n) is 4.15. The molecule has 0 rings (SSSR count). The first kappa shape index (κ1) is 16.8. The lowest BCUT2D eigenvalue weighted by Gasteiger charge is -2.21. The van der Waals surface area contributed by atoms with Crippen LogP contribution in [0, 0.1) is 0 Å². The van der Waals surface area contributed by atoms with Crippen molar-refractivity contribution in [3.63, 3.8) is 0 Å². The maximum Gasteiger partial charge on any atom is 0.189 e. The molecule has 0 bridgehead atoms. The molecule has 0 aliphatic carbocycles. The summed E-state index contributed by atoms with van der Waals surface area (Å²) >= 11 is 1.79. The lowest BCUT2D eigenvalue weighted by atomic mass is 10.1. The van der Waals surface area contributed by atoms with Crippen LogP contribution in [-0.2, 0) is 0 Å². The van der Waals surface area contributed by atoms with E-state index in [-0.39, 0.29) is 29.5 Å². The van der Waals surface area contributed by atoms with Crippen LogP contribution in [0.2, 0.25) is 0 Å². The topological polar surface area (TPSA) is 50.4 Å². The molecule has 0 saturated heterocycles. The number of aliphatic imine (C=N–C) groups is 1. The number of thioether (sulfide) groups is 1. The summed E-state index contributed by atoms with van der Waals surface area (Å²) in [7, 11) is 0. The fourth-order valence-electron chi connectivity index (χ4n) is 0.725. The monoisotopic (exact) mass is 331 g/mol. The zero-order valence-electron chi connectivity index (χ0n) is 9.63. The molecule has 1 unspecified atom stereocenters. The number of nitrogens with one attached hydrogen (secondary N) is 1. The Hall–Kier alpha value is 0.350. The number of guanidine groups is 1. The molecule has 0 aliphatic heterocycles. The second kappa shape index (κ2) is 7.62. The average molecular weight is 331 g/mol. The molecule has 14 heavy (non-hydrogen) atoms. The summed E-state index contributed by atoms with van der Waals surface area (Å²) < 4.78 is 0. The highest BCUT2D eigenvalue weighted by atomic mass is 127. The van der Waals surface area contributed by atoms with Crippen LogP contribution in [0.1, 0.15) is 27.7 Å². The number of halogens is 1. The molecule has 0 radical (unpaired) electrons. The summed E-state index contributed by atoms with van der Waals surface area (Å²) in [6.07, 6.45) is 2.08. The highest BCUT2D eigenvalue weighted by molar-refractivity contribution is 14.0. The van der Waals surface area contributed by atoms with Gasteiger partial charge >= 0.3 is 0 Å². The maximum atomic E-state index is 5.69. The summed E-state index contributed by atoms with van der Waals surface area (Å²) in [6.45, 7) is 9.10. The fourth-order valence-corrected chi connectivity index (χ4v) is 0.949. The number of nitrogens with two attached hydrogens (primary N) is 1. The second-order valence-corrected chi connectivity index (χ2v) is 5.42. The van der Waals surface area contributed by atoms with E-state index in [0.29, 0.717) is 11.2 Å². The largest absolute Gasteiger partial charge is 0.370 e. The quantitative estimate of drug-likeness (QED) is 0.473. The molecule has 0 amide bonds. The molecule has 5 heteroatoms. The van der Waals surface area contributed by atoms with E-state index in [1.165, 1.54) is 0 Å². The van der Waals surface area contributed by atoms with E-state index in [9.17, 15) is 0 Å². The van der Waals surface area contributed by atoms with Crippen molar-refractivity contribution in [1.82, 2.24) is 5.32 Å². The van der Waals surface area contributed by atoms with Gasteiger partial charge in [0, 0.05) is 10.8 Å². The number of rotatable bonds is 3. The summed E-state index contributed by atoms with van der Waals surface area (Å²) in [6, 6.07) is 0. The van der Waals surface area contributed by atoms with Crippen LogP contribution in [0.5, 0.6) is 0 Å². The van der Waals surface area contributed by atoms with Crippen LogP contribution in [0.25, 0.3) is 0 Å². The van der Waals surface area contributed by atoms with Gasteiger partial charge < -0.3 is 11.1 Å². The minimum absolute atomic E-state index is 0. The van der Waals surface area contributed by atoms with E-state index in [2.05, 4.69) is 44.3 Å². The molecular weight excluding hydrogens is 309 g/mol. The predicted octanol–water partition coefficient (Wildman–Crippen LogP) is 2.06. The summed E-state index contributed by atoms with van der Waals surface area (Å²) in [5.74, 6) is 0.536. The molecule has 0 aromatic carbocycles. The molecule has 0 spiro atoms. The van der Waals surface area contributed by atoms with Gasteiger partial charge in [0.15, 0.2) is 5.96 Å². The number of hydrogen-bond donors (Lipinski definition) is 2. The van der Waals surface area contributed by atoms with E-state index in [1.54, 1.807) is 11.8 Å².